The molecule has 0 aliphatic rings. The van der Waals surface area contributed by atoms with Crippen molar-refractivity contribution in [1.29, 1.82) is 0 Å². The third-order valence-corrected chi connectivity index (χ3v) is 3.73. The van der Waals surface area contributed by atoms with E-state index in [-0.39, 0.29) is 24.3 Å². The van der Waals surface area contributed by atoms with Gasteiger partial charge in [-0.2, -0.15) is 0 Å². The molecule has 1 aromatic carbocycles. The monoisotopic (exact) mass is 290 g/mol. The number of nitrogens with one attached hydrogen (secondary N) is 1. The normalized spacial score (nSPS) is 11.9. The Bertz CT molecular complexity index is 515. The second-order valence-corrected chi connectivity index (χ2v) is 5.83. The van der Waals surface area contributed by atoms with Gasteiger partial charge in [0.25, 0.3) is 0 Å². The van der Waals surface area contributed by atoms with Crippen molar-refractivity contribution in [3.63, 3.8) is 0 Å². The average Bonchev–Trinajstić information content (AvgIpc) is 2.40. The number of amides is 2. The van der Waals surface area contributed by atoms with Gasteiger partial charge in [-0.1, -0.05) is 31.5 Å². The summed E-state index contributed by atoms with van der Waals surface area (Å²) in [7, 11) is 1.67. The minimum absolute atomic E-state index is 0.00463. The Labute approximate surface area is 127 Å². The van der Waals surface area contributed by atoms with Crippen LogP contribution in [0.1, 0.15) is 37.0 Å². The third-order valence-electron chi connectivity index (χ3n) is 3.73. The van der Waals surface area contributed by atoms with Crippen molar-refractivity contribution in [2.75, 3.05) is 18.9 Å². The molecule has 0 radical (unpaired) electrons. The van der Waals surface area contributed by atoms with Crippen molar-refractivity contribution in [2.24, 2.45) is 5.92 Å². The molecule has 0 aliphatic heterocycles. The molecule has 0 saturated heterocycles. The second kappa shape index (κ2) is 7.25. The van der Waals surface area contributed by atoms with Crippen LogP contribution in [0.2, 0.25) is 0 Å². The highest BCUT2D eigenvalue weighted by Gasteiger charge is 2.18. The molecule has 0 saturated carbocycles. The van der Waals surface area contributed by atoms with Crippen molar-refractivity contribution < 1.29 is 9.59 Å². The van der Waals surface area contributed by atoms with E-state index < -0.39 is 0 Å². The summed E-state index contributed by atoms with van der Waals surface area (Å²) in [6.45, 7) is 9.91. The van der Waals surface area contributed by atoms with Gasteiger partial charge in [0.05, 0.1) is 6.54 Å². The molecule has 1 atom stereocenters. The van der Waals surface area contributed by atoms with E-state index in [4.69, 9.17) is 0 Å². The number of nitrogens with zero attached hydrogens (tertiary/aromatic N) is 1. The van der Waals surface area contributed by atoms with Crippen molar-refractivity contribution in [3.05, 3.63) is 28.8 Å². The number of benzene rings is 1. The predicted octanol–water partition coefficient (Wildman–Crippen LogP) is 3.05. The number of hydrogen-bond donors (Lipinski definition) is 1. The summed E-state index contributed by atoms with van der Waals surface area (Å²) >= 11 is 0. The molecule has 0 aliphatic carbocycles. The van der Waals surface area contributed by atoms with Crippen LogP contribution in [0.5, 0.6) is 0 Å². The van der Waals surface area contributed by atoms with Crippen LogP contribution in [-0.4, -0.2) is 30.3 Å². The molecule has 1 unspecified atom stereocenters. The van der Waals surface area contributed by atoms with Gasteiger partial charge in [0.2, 0.25) is 11.8 Å². The lowest BCUT2D eigenvalue weighted by atomic mass is 10.1. The van der Waals surface area contributed by atoms with E-state index in [1.54, 1.807) is 7.05 Å². The highest BCUT2D eigenvalue weighted by Crippen LogP contribution is 2.21. The first-order valence-electron chi connectivity index (χ1n) is 7.38. The second-order valence-electron chi connectivity index (χ2n) is 5.83. The fourth-order valence-corrected chi connectivity index (χ4v) is 2.40. The molecule has 0 heterocycles. The largest absolute Gasteiger partial charge is 0.336 e. The predicted molar refractivity (Wildman–Crippen MR) is 86.4 cm³/mol. The Morgan fingerprint density at radius 1 is 1.19 bits per heavy atom. The number of rotatable bonds is 5. The van der Waals surface area contributed by atoms with E-state index in [0.29, 0.717) is 0 Å². The third kappa shape index (κ3) is 4.59. The Morgan fingerprint density at radius 3 is 2.19 bits per heavy atom. The van der Waals surface area contributed by atoms with Crippen LogP contribution < -0.4 is 5.32 Å². The van der Waals surface area contributed by atoms with E-state index in [2.05, 4.69) is 5.32 Å². The first-order valence-corrected chi connectivity index (χ1v) is 7.38. The zero-order valence-electron chi connectivity index (χ0n) is 13.9. The van der Waals surface area contributed by atoms with Gasteiger partial charge in [0.1, 0.15) is 0 Å². The van der Waals surface area contributed by atoms with Crippen molar-refractivity contribution in [1.82, 2.24) is 4.90 Å². The van der Waals surface area contributed by atoms with Crippen LogP contribution in [0.25, 0.3) is 0 Å². The summed E-state index contributed by atoms with van der Waals surface area (Å²) in [6.07, 6.45) is 0.779. The topological polar surface area (TPSA) is 49.4 Å². The van der Waals surface area contributed by atoms with Gasteiger partial charge in [-0.3, -0.25) is 9.59 Å². The number of carbonyl (C=O) groups is 2. The molecule has 0 fully saturated rings. The number of carbonyl (C=O) groups excluding carboxylic acids is 2. The summed E-state index contributed by atoms with van der Waals surface area (Å²) < 4.78 is 0. The summed E-state index contributed by atoms with van der Waals surface area (Å²) in [4.78, 5) is 25.6. The van der Waals surface area contributed by atoms with E-state index in [1.807, 2.05) is 46.8 Å². The molecule has 4 heteroatoms. The minimum atomic E-state index is -0.163. The summed E-state index contributed by atoms with van der Waals surface area (Å²) in [5.41, 5.74) is 4.09. The highest BCUT2D eigenvalue weighted by atomic mass is 16.2. The fourth-order valence-electron chi connectivity index (χ4n) is 2.40. The van der Waals surface area contributed by atoms with Gasteiger partial charge in [0, 0.05) is 18.7 Å². The standard InChI is InChI=1S/C17H26N2O2/c1-7-12(3)17(21)19(6)10-15(20)18-16-13(4)8-11(2)9-14(16)5/h8-9,12H,7,10H2,1-6H3,(H,18,20). The highest BCUT2D eigenvalue weighted by molar-refractivity contribution is 5.95. The first kappa shape index (κ1) is 17.2. The van der Waals surface area contributed by atoms with E-state index >= 15 is 0 Å². The molecule has 4 nitrogen and oxygen atoms in total. The summed E-state index contributed by atoms with van der Waals surface area (Å²) in [5.74, 6) is -0.208. The molecule has 1 aromatic rings. The fraction of sp³-hybridized carbons (Fsp3) is 0.529. The Morgan fingerprint density at radius 2 is 1.71 bits per heavy atom. The van der Waals surface area contributed by atoms with Gasteiger partial charge in [-0.05, 0) is 38.3 Å². The first-order chi connectivity index (χ1) is 9.76. The molecular formula is C17H26N2O2. The zero-order valence-corrected chi connectivity index (χ0v) is 13.9. The van der Waals surface area contributed by atoms with E-state index in [1.165, 1.54) is 10.5 Å². The van der Waals surface area contributed by atoms with Crippen molar-refractivity contribution in [3.8, 4) is 0 Å². The average molecular weight is 290 g/mol. The molecule has 0 spiro atoms. The number of likely N-dealkylation sites (N-methyl/N-ethyl adjacent to an activating group) is 1. The lowest BCUT2D eigenvalue weighted by Gasteiger charge is -2.21. The smallest absolute Gasteiger partial charge is 0.243 e. The molecule has 21 heavy (non-hydrogen) atoms. The van der Waals surface area contributed by atoms with Gasteiger partial charge in [0.15, 0.2) is 0 Å². The Kier molecular flexibility index (Phi) is 5.94. The number of anilines is 1. The maximum Gasteiger partial charge on any atom is 0.243 e. The van der Waals surface area contributed by atoms with Gasteiger partial charge in [-0.25, -0.2) is 0 Å². The minimum Gasteiger partial charge on any atom is -0.336 e. The van der Waals surface area contributed by atoms with E-state index in [9.17, 15) is 9.59 Å². The van der Waals surface area contributed by atoms with Crippen LogP contribution in [0.15, 0.2) is 12.1 Å². The molecule has 1 N–H and O–H groups in total. The molecule has 116 valence electrons. The van der Waals surface area contributed by atoms with Gasteiger partial charge in [-0.15, -0.1) is 0 Å². The number of hydrogen-bond acceptors (Lipinski definition) is 2. The molecule has 0 bridgehead atoms. The number of aryl methyl sites for hydroxylation is 3. The lowest BCUT2D eigenvalue weighted by molar-refractivity contribution is -0.136. The van der Waals surface area contributed by atoms with Gasteiger partial charge >= 0.3 is 0 Å². The van der Waals surface area contributed by atoms with Crippen molar-refractivity contribution in [2.45, 2.75) is 41.0 Å². The quantitative estimate of drug-likeness (QED) is 0.906. The molecule has 2 amide bonds. The van der Waals surface area contributed by atoms with Gasteiger partial charge < -0.3 is 10.2 Å². The lowest BCUT2D eigenvalue weighted by Crippen LogP contribution is -2.37. The molecule has 0 aromatic heterocycles. The molecule has 1 rings (SSSR count). The van der Waals surface area contributed by atoms with Crippen LogP contribution in [0.3, 0.4) is 0 Å². The summed E-state index contributed by atoms with van der Waals surface area (Å²) in [5, 5.41) is 2.92. The van der Waals surface area contributed by atoms with Crippen LogP contribution in [0, 0.1) is 26.7 Å². The maximum atomic E-state index is 12.1. The van der Waals surface area contributed by atoms with Crippen LogP contribution in [0.4, 0.5) is 5.69 Å². The zero-order chi connectivity index (χ0) is 16.2. The Hall–Kier alpha value is -1.84. The Balaban J connectivity index is 2.73. The van der Waals surface area contributed by atoms with Crippen LogP contribution in [-0.2, 0) is 9.59 Å². The van der Waals surface area contributed by atoms with E-state index in [0.717, 1.165) is 23.2 Å². The SMILES string of the molecule is CCC(C)C(=O)N(C)CC(=O)Nc1c(C)cc(C)cc1C. The van der Waals surface area contributed by atoms with Crippen LogP contribution >= 0.6 is 0 Å². The molecular weight excluding hydrogens is 264 g/mol. The maximum absolute atomic E-state index is 12.1. The summed E-state index contributed by atoms with van der Waals surface area (Å²) in [6, 6.07) is 4.08. The van der Waals surface area contributed by atoms with Crippen molar-refractivity contribution >= 4 is 17.5 Å².